The van der Waals surface area contributed by atoms with Crippen LogP contribution in [-0.4, -0.2) is 166 Å². The number of aryl methyl sites for hydroxylation is 1. The third-order valence-corrected chi connectivity index (χ3v) is 21.3. The third-order valence-electron chi connectivity index (χ3n) is 20.6. The van der Waals surface area contributed by atoms with Crippen LogP contribution in [0.3, 0.4) is 0 Å². The molecule has 18 nitrogen and oxygen atoms in total. The van der Waals surface area contributed by atoms with Crippen molar-refractivity contribution in [2.24, 2.45) is 0 Å². The second kappa shape index (κ2) is 33.6. The summed E-state index contributed by atoms with van der Waals surface area (Å²) in [5.74, 6) is -0.943. The zero-order chi connectivity index (χ0) is 75.9. The number of anilines is 4. The van der Waals surface area contributed by atoms with Crippen molar-refractivity contribution in [3.8, 4) is 0 Å². The molecule has 21 heteroatoms. The minimum absolute atomic E-state index is 0.0627. The first-order chi connectivity index (χ1) is 52.2. The van der Waals surface area contributed by atoms with Crippen molar-refractivity contribution in [1.82, 2.24) is 29.4 Å². The van der Waals surface area contributed by atoms with Crippen LogP contribution in [0.5, 0.6) is 0 Å². The van der Waals surface area contributed by atoms with Gasteiger partial charge in [0.2, 0.25) is 46.3 Å². The van der Waals surface area contributed by atoms with Crippen molar-refractivity contribution in [3.63, 3.8) is 0 Å². The molecule has 8 aromatic rings. The minimum atomic E-state index is -0.165. The molecule has 4 saturated heterocycles. The highest BCUT2D eigenvalue weighted by molar-refractivity contribution is 6.33. The van der Waals surface area contributed by atoms with Gasteiger partial charge in [-0.15, -0.1) is 0 Å². The predicted molar refractivity (Wildman–Crippen MR) is 427 cm³/mol. The molecule has 0 radical (unpaired) electrons. The molecule has 4 heterocycles. The molecule has 0 atom stereocenters. The van der Waals surface area contributed by atoms with E-state index in [1.807, 2.05) is 81.1 Å². The number of hydrogen-bond donors (Lipinski definition) is 4. The maximum Gasteiger partial charge on any atom is 0.212 e. The molecule has 108 heavy (non-hydrogen) atoms. The highest BCUT2D eigenvalue weighted by atomic mass is 35.5. The summed E-state index contributed by atoms with van der Waals surface area (Å²) in [6.45, 7) is 20.2. The maximum atomic E-state index is 13.4. The molecule has 4 aliphatic carbocycles. The number of nitrogens with zero attached hydrogens (tertiary/aromatic N) is 6. The molecule has 16 rings (SSSR count). The summed E-state index contributed by atoms with van der Waals surface area (Å²) >= 11 is 18.0. The van der Waals surface area contributed by atoms with E-state index in [0.29, 0.717) is 149 Å². The van der Waals surface area contributed by atoms with E-state index in [2.05, 4.69) is 58.8 Å². The molecule has 4 fully saturated rings. The van der Waals surface area contributed by atoms with Crippen LogP contribution < -0.4 is 21.3 Å². The average Bonchev–Trinajstić information content (AvgIpc) is 0.894. The van der Waals surface area contributed by atoms with Crippen molar-refractivity contribution >= 4 is 104 Å². The monoisotopic (exact) mass is 1500 g/mol. The molecule has 8 aliphatic rings. The topological polar surface area (TPSA) is 204 Å². The summed E-state index contributed by atoms with van der Waals surface area (Å²) in [6.07, 6.45) is 4.15. The molecule has 4 N–H and O–H groups in total. The van der Waals surface area contributed by atoms with Crippen molar-refractivity contribution < 1.29 is 38.4 Å². The van der Waals surface area contributed by atoms with E-state index >= 15 is 0 Å². The first-order valence-corrected chi connectivity index (χ1v) is 37.9. The van der Waals surface area contributed by atoms with Crippen molar-refractivity contribution in [2.75, 3.05) is 99.8 Å². The van der Waals surface area contributed by atoms with Gasteiger partial charge in [0.05, 0.1) is 0 Å². The average molecular weight is 1510 g/mol. The van der Waals surface area contributed by atoms with Crippen LogP contribution in [0, 0.1) is 6.92 Å². The van der Waals surface area contributed by atoms with E-state index in [1.54, 1.807) is 140 Å². The Balaban J connectivity index is 0.000000127. The highest BCUT2D eigenvalue weighted by Crippen LogP contribution is 2.37. The van der Waals surface area contributed by atoms with E-state index in [-0.39, 0.29) is 46.3 Å². The van der Waals surface area contributed by atoms with Gasteiger partial charge in [-0.05, 0) is 145 Å². The molecule has 0 bridgehead atoms. The number of likely N-dealkylation sites (tertiary alicyclic amines) is 2. The lowest BCUT2D eigenvalue weighted by Crippen LogP contribution is -2.50. The molecule has 0 unspecified atom stereocenters. The van der Waals surface area contributed by atoms with Gasteiger partial charge in [0.15, 0.2) is 0 Å². The number of nitrogens with one attached hydrogen (secondary N) is 4. The van der Waals surface area contributed by atoms with Crippen molar-refractivity contribution in [1.29, 1.82) is 0 Å². The standard InChI is InChI=1S/2C23H24ClN3O2.C21H20N2O2.C20H17ClN2O2/c1-15(2)26-10-12-27(13-11-26)21-20(25-17-7-5-6-16(24)14-17)22(28)18-8-3-4-9-19(18)23(21)29;1-15(2)26-11-13-27(14-12-26)21-20(25-17-9-7-16(24)8-10-17)22(28)18-5-3-4-6-19(18)23(21)29;1-14-7-6-8-15(13-14)22-18-19(23-11-4-5-12-23)21(25)17-10-3-2-9-16(17)20(18)24;21-13-7-9-14(10-8-13)22-17-18(23-11-3-4-12-23)20(25)16-6-2-1-5-15(16)19(17)24/h3-9,14-15,25H,10-13H2,1-2H3;3-10,15,25H,11-14H2,1-2H3;2-3,6-10,13,22H,4-5,11-12H2,1H3;1-2,5-10,22H,3-4,11-12H2. The van der Waals surface area contributed by atoms with Crippen LogP contribution >= 0.6 is 34.8 Å². The molecule has 0 saturated carbocycles. The first-order valence-electron chi connectivity index (χ1n) is 36.8. The number of fused-ring (bicyclic) bond motifs is 4. The van der Waals surface area contributed by atoms with Gasteiger partial charge in [-0.25, -0.2) is 0 Å². The number of ketones is 8. The highest BCUT2D eigenvalue weighted by Gasteiger charge is 2.41. The smallest absolute Gasteiger partial charge is 0.212 e. The molecule has 8 aromatic carbocycles. The third kappa shape index (κ3) is 16.4. The Hall–Kier alpha value is -10.7. The number of halogens is 3. The number of Topliss-reactive ketones (excluding diaryl/α,β-unsaturated/α-hetero) is 8. The van der Waals surface area contributed by atoms with Crippen LogP contribution in [0.4, 0.5) is 22.7 Å². The molecular weight excluding hydrogens is 1420 g/mol. The minimum Gasteiger partial charge on any atom is -0.367 e. The summed E-state index contributed by atoms with van der Waals surface area (Å²) in [5.41, 5.74) is 11.1. The lowest BCUT2D eigenvalue weighted by molar-refractivity contribution is 0.0881. The number of benzene rings is 8. The summed E-state index contributed by atoms with van der Waals surface area (Å²) in [4.78, 5) is 119. The zero-order valence-electron chi connectivity index (χ0n) is 61.0. The Bertz CT molecular complexity index is 4980. The van der Waals surface area contributed by atoms with Crippen LogP contribution in [0.15, 0.2) is 240 Å². The molecule has 552 valence electrons. The van der Waals surface area contributed by atoms with E-state index in [0.717, 1.165) is 101 Å². The first kappa shape index (κ1) is 75.5. The van der Waals surface area contributed by atoms with Gasteiger partial charge in [-0.3, -0.25) is 48.2 Å². The number of rotatable bonds is 14. The Morgan fingerprint density at radius 1 is 0.269 bits per heavy atom. The van der Waals surface area contributed by atoms with Gasteiger partial charge < -0.3 is 40.9 Å². The fourth-order valence-electron chi connectivity index (χ4n) is 14.9. The largest absolute Gasteiger partial charge is 0.367 e. The fraction of sp³-hybridized carbons (Fsp3) is 0.264. The maximum absolute atomic E-state index is 13.4. The number of carbonyl (C=O) groups excluding carboxylic acids is 8. The Morgan fingerprint density at radius 2 is 0.528 bits per heavy atom. The summed E-state index contributed by atoms with van der Waals surface area (Å²) in [7, 11) is 0. The van der Waals surface area contributed by atoms with E-state index in [4.69, 9.17) is 34.8 Å². The SMILES string of the molecule is CC(C)N1CCN(C2=C(Nc3ccc(Cl)cc3)C(=O)c3ccccc3C2=O)CC1.CC(C)N1CCN(C2=C(Nc3cccc(Cl)c3)C(=O)c3ccccc3C2=O)CC1.Cc1cccc(NC2=C(N3CCCC3)C(=O)c3ccccc3C2=O)c1.O=C1C(Nc2ccc(Cl)cc2)=C(N2CCCC2)C(=O)c2ccccc21. The summed E-state index contributed by atoms with van der Waals surface area (Å²) in [6, 6.07) is 58.3. The van der Waals surface area contributed by atoms with E-state index in [9.17, 15) is 38.4 Å². The van der Waals surface area contributed by atoms with Gasteiger partial charge in [0.1, 0.15) is 45.6 Å². The van der Waals surface area contributed by atoms with E-state index in [1.165, 1.54) is 0 Å². The van der Waals surface area contributed by atoms with Gasteiger partial charge in [-0.1, -0.05) is 150 Å². The zero-order valence-corrected chi connectivity index (χ0v) is 63.3. The van der Waals surface area contributed by atoms with Crippen molar-refractivity contribution in [3.05, 3.63) is 305 Å². The molecule has 0 amide bonds. The second-order valence-corrected chi connectivity index (χ2v) is 29.5. The predicted octanol–water partition coefficient (Wildman–Crippen LogP) is 16.1. The molecule has 0 spiro atoms. The fourth-order valence-corrected chi connectivity index (χ4v) is 15.3. The van der Waals surface area contributed by atoms with Crippen LogP contribution in [0.25, 0.3) is 0 Å². The van der Waals surface area contributed by atoms with Gasteiger partial charge in [0.25, 0.3) is 0 Å². The number of carbonyl (C=O) groups is 8. The normalized spacial score (nSPS) is 17.4. The number of allylic oxidation sites excluding steroid dienone is 8. The Kier molecular flexibility index (Phi) is 23.5. The van der Waals surface area contributed by atoms with E-state index < -0.39 is 0 Å². The van der Waals surface area contributed by atoms with Gasteiger partial charge >= 0.3 is 0 Å². The number of hydrogen-bond acceptors (Lipinski definition) is 18. The van der Waals surface area contributed by atoms with Crippen LogP contribution in [0.1, 0.15) is 142 Å². The van der Waals surface area contributed by atoms with Gasteiger partial charge in [0, 0.05) is 173 Å². The van der Waals surface area contributed by atoms with Crippen molar-refractivity contribution in [2.45, 2.75) is 72.4 Å². The Labute approximate surface area is 644 Å². The molecule has 4 aliphatic heterocycles. The van der Waals surface area contributed by atoms with Crippen LogP contribution in [-0.2, 0) is 0 Å². The quantitative estimate of drug-likeness (QED) is 0.0799. The van der Waals surface area contributed by atoms with Gasteiger partial charge in [-0.2, -0.15) is 0 Å². The van der Waals surface area contributed by atoms with Crippen LogP contribution in [0.2, 0.25) is 15.1 Å². The second-order valence-electron chi connectivity index (χ2n) is 28.2. The Morgan fingerprint density at radius 3 is 0.806 bits per heavy atom. The number of piperazine rings is 2. The summed E-state index contributed by atoms with van der Waals surface area (Å²) < 4.78 is 0. The lowest BCUT2D eigenvalue weighted by atomic mass is 9.89. The summed E-state index contributed by atoms with van der Waals surface area (Å²) in [5, 5.41) is 14.6. The lowest BCUT2D eigenvalue weighted by Gasteiger charge is -2.40. The molecule has 0 aromatic heterocycles. The molecular formula is C87H85Cl3N10O8.